The molecule has 0 saturated carbocycles. The van der Waals surface area contributed by atoms with Crippen molar-refractivity contribution in [3.05, 3.63) is 33.8 Å². The van der Waals surface area contributed by atoms with Crippen LogP contribution in [0.5, 0.6) is 0 Å². The Labute approximate surface area is 119 Å². The van der Waals surface area contributed by atoms with Crippen LogP contribution in [0.4, 0.5) is 0 Å². The van der Waals surface area contributed by atoms with Gasteiger partial charge in [-0.3, -0.25) is 4.79 Å². The van der Waals surface area contributed by atoms with Gasteiger partial charge in [0, 0.05) is 11.8 Å². The Hall–Kier alpha value is 0.340. The lowest BCUT2D eigenvalue weighted by atomic mass is 9.97. The van der Waals surface area contributed by atoms with E-state index in [4.69, 9.17) is 58.0 Å². The zero-order chi connectivity index (χ0) is 12.3. The van der Waals surface area contributed by atoms with Crippen LogP contribution in [0.15, 0.2) is 18.2 Å². The molecule has 0 saturated heterocycles. The fourth-order valence-electron chi connectivity index (χ4n) is 1.27. The Morgan fingerprint density at radius 2 is 1.94 bits per heavy atom. The molecule has 0 aliphatic heterocycles. The average molecular weight is 320 g/mol. The summed E-state index contributed by atoms with van der Waals surface area (Å²) in [6, 6.07) is 5.01. The lowest BCUT2D eigenvalue weighted by molar-refractivity contribution is -0.108. The predicted molar refractivity (Wildman–Crippen MR) is 70.4 cm³/mol. The molecule has 0 amide bonds. The van der Waals surface area contributed by atoms with Crippen LogP contribution in [-0.2, 0) is 4.79 Å². The highest BCUT2D eigenvalue weighted by Gasteiger charge is 2.36. The minimum atomic E-state index is -1.62. The van der Waals surface area contributed by atoms with Crippen LogP contribution in [0, 0.1) is 0 Å². The Morgan fingerprint density at radius 3 is 2.44 bits per heavy atom. The molecule has 6 heteroatoms. The quantitative estimate of drug-likeness (QED) is 0.581. The van der Waals surface area contributed by atoms with Gasteiger partial charge < -0.3 is 0 Å². The number of hydrogen-bond donors (Lipinski definition) is 0. The van der Waals surface area contributed by atoms with E-state index in [9.17, 15) is 4.79 Å². The van der Waals surface area contributed by atoms with E-state index in [1.165, 1.54) is 0 Å². The molecule has 0 heterocycles. The summed E-state index contributed by atoms with van der Waals surface area (Å²) < 4.78 is -1.62. The van der Waals surface area contributed by atoms with Crippen molar-refractivity contribution in [3.8, 4) is 0 Å². The van der Waals surface area contributed by atoms with Gasteiger partial charge in [-0.25, -0.2) is 0 Å². The van der Waals surface area contributed by atoms with Crippen molar-refractivity contribution in [1.82, 2.24) is 0 Å². The Balaban J connectivity index is 3.24. The SMILES string of the molecule is O=CC(Cl)(Cl)C(CCl)c1cccc(Cl)c1Cl. The van der Waals surface area contributed by atoms with E-state index in [0.717, 1.165) is 0 Å². The van der Waals surface area contributed by atoms with Crippen molar-refractivity contribution in [2.45, 2.75) is 10.3 Å². The van der Waals surface area contributed by atoms with E-state index < -0.39 is 10.3 Å². The first-order chi connectivity index (χ1) is 7.44. The van der Waals surface area contributed by atoms with Crippen molar-refractivity contribution in [3.63, 3.8) is 0 Å². The van der Waals surface area contributed by atoms with Crippen LogP contribution < -0.4 is 0 Å². The number of alkyl halides is 3. The first-order valence-electron chi connectivity index (χ1n) is 4.28. The zero-order valence-corrected chi connectivity index (χ0v) is 11.7. The number of halogens is 5. The third kappa shape index (κ3) is 2.96. The second-order valence-corrected chi connectivity index (χ2v) is 5.68. The van der Waals surface area contributed by atoms with Gasteiger partial charge in [-0.2, -0.15) is 0 Å². The Morgan fingerprint density at radius 1 is 1.31 bits per heavy atom. The van der Waals surface area contributed by atoms with Crippen molar-refractivity contribution in [2.75, 3.05) is 5.88 Å². The first kappa shape index (κ1) is 14.4. The highest BCUT2D eigenvalue weighted by Crippen LogP contribution is 2.41. The van der Waals surface area contributed by atoms with Gasteiger partial charge in [-0.1, -0.05) is 58.5 Å². The van der Waals surface area contributed by atoms with Crippen LogP contribution in [0.1, 0.15) is 11.5 Å². The summed E-state index contributed by atoms with van der Waals surface area (Å²) in [7, 11) is 0. The van der Waals surface area contributed by atoms with E-state index in [1.807, 2.05) is 0 Å². The Kier molecular flexibility index (Phi) is 5.21. The molecule has 0 aliphatic carbocycles. The molecule has 1 unspecified atom stereocenters. The van der Waals surface area contributed by atoms with Gasteiger partial charge in [0.05, 0.1) is 10.0 Å². The van der Waals surface area contributed by atoms with Crippen LogP contribution in [0.25, 0.3) is 0 Å². The number of rotatable bonds is 4. The van der Waals surface area contributed by atoms with Gasteiger partial charge in [0.15, 0.2) is 10.6 Å². The maximum absolute atomic E-state index is 10.8. The van der Waals surface area contributed by atoms with Crippen LogP contribution in [0.3, 0.4) is 0 Å². The van der Waals surface area contributed by atoms with Gasteiger partial charge in [-0.05, 0) is 11.6 Å². The van der Waals surface area contributed by atoms with E-state index in [0.29, 0.717) is 21.9 Å². The topological polar surface area (TPSA) is 17.1 Å². The molecule has 0 bridgehead atoms. The standard InChI is InChI=1S/C10H7Cl5O/c11-4-7(10(14,15)5-16)6-2-1-3-8(12)9(6)13/h1-3,5,7H,4H2. The lowest BCUT2D eigenvalue weighted by Crippen LogP contribution is -2.27. The number of benzene rings is 1. The molecule has 0 aliphatic rings. The number of hydrogen-bond acceptors (Lipinski definition) is 1. The molecule has 0 N–H and O–H groups in total. The summed E-state index contributed by atoms with van der Waals surface area (Å²) in [5.41, 5.74) is 0.557. The molecular weight excluding hydrogens is 313 g/mol. The van der Waals surface area contributed by atoms with Gasteiger partial charge in [0.2, 0.25) is 0 Å². The molecule has 16 heavy (non-hydrogen) atoms. The highest BCUT2D eigenvalue weighted by atomic mass is 35.5. The summed E-state index contributed by atoms with van der Waals surface area (Å²) in [5.74, 6) is -0.549. The van der Waals surface area contributed by atoms with Gasteiger partial charge >= 0.3 is 0 Å². The predicted octanol–water partition coefficient (Wildman–Crippen LogP) is 4.69. The smallest absolute Gasteiger partial charge is 0.180 e. The molecule has 0 fully saturated rings. The number of aldehydes is 1. The highest BCUT2D eigenvalue weighted by molar-refractivity contribution is 6.56. The normalized spacial score (nSPS) is 13.6. The van der Waals surface area contributed by atoms with Crippen LogP contribution in [-0.4, -0.2) is 16.5 Å². The fourth-order valence-corrected chi connectivity index (χ4v) is 2.66. The molecule has 0 spiro atoms. The fraction of sp³-hybridized carbons (Fsp3) is 0.300. The van der Waals surface area contributed by atoms with E-state index in [1.54, 1.807) is 18.2 Å². The zero-order valence-electron chi connectivity index (χ0n) is 7.89. The van der Waals surface area contributed by atoms with E-state index in [2.05, 4.69) is 0 Å². The van der Waals surface area contributed by atoms with Gasteiger partial charge in [0.25, 0.3) is 0 Å². The third-order valence-corrected chi connectivity index (χ3v) is 3.98. The van der Waals surface area contributed by atoms with Crippen molar-refractivity contribution < 1.29 is 4.79 Å². The number of carbonyl (C=O) groups is 1. The molecular formula is C10H7Cl5O. The molecule has 88 valence electrons. The minimum absolute atomic E-state index is 0.0613. The molecule has 1 nitrogen and oxygen atoms in total. The third-order valence-electron chi connectivity index (χ3n) is 2.13. The maximum Gasteiger partial charge on any atom is 0.180 e. The van der Waals surface area contributed by atoms with E-state index >= 15 is 0 Å². The van der Waals surface area contributed by atoms with E-state index in [-0.39, 0.29) is 5.88 Å². The second kappa shape index (κ2) is 5.79. The molecule has 1 aromatic carbocycles. The molecule has 0 aromatic heterocycles. The van der Waals surface area contributed by atoms with Crippen LogP contribution in [0.2, 0.25) is 10.0 Å². The van der Waals surface area contributed by atoms with Gasteiger partial charge in [-0.15, -0.1) is 11.6 Å². The largest absolute Gasteiger partial charge is 0.300 e. The second-order valence-electron chi connectivity index (χ2n) is 3.14. The Bertz CT molecular complexity index is 391. The van der Waals surface area contributed by atoms with Crippen molar-refractivity contribution in [2.24, 2.45) is 0 Å². The van der Waals surface area contributed by atoms with Crippen molar-refractivity contribution in [1.29, 1.82) is 0 Å². The monoisotopic (exact) mass is 318 g/mol. The van der Waals surface area contributed by atoms with Gasteiger partial charge in [0.1, 0.15) is 0 Å². The molecule has 0 radical (unpaired) electrons. The summed E-state index contributed by atoms with van der Waals surface area (Å²) in [5, 5.41) is 0.673. The molecule has 1 rings (SSSR count). The molecule has 1 atom stereocenters. The number of carbonyl (C=O) groups excluding carboxylic acids is 1. The first-order valence-corrected chi connectivity index (χ1v) is 6.32. The minimum Gasteiger partial charge on any atom is -0.300 e. The maximum atomic E-state index is 10.8. The lowest BCUT2D eigenvalue weighted by Gasteiger charge is -2.24. The summed E-state index contributed by atoms with van der Waals surface area (Å²) >= 11 is 29.3. The average Bonchev–Trinajstić information content (AvgIpc) is 2.25. The molecule has 1 aromatic rings. The van der Waals surface area contributed by atoms with Crippen LogP contribution >= 0.6 is 58.0 Å². The summed E-state index contributed by atoms with van der Waals surface area (Å²) in [4.78, 5) is 10.8. The summed E-state index contributed by atoms with van der Waals surface area (Å²) in [6.07, 6.45) is 0.431. The van der Waals surface area contributed by atoms with Crippen molar-refractivity contribution >= 4 is 64.3 Å². The summed E-state index contributed by atoms with van der Waals surface area (Å²) in [6.45, 7) is 0.